The van der Waals surface area contributed by atoms with Gasteiger partial charge in [-0.2, -0.15) is 0 Å². The SMILES string of the molecule is CNc1c(N)cc(C)c(C)c1N. The van der Waals surface area contributed by atoms with E-state index in [1.54, 1.807) is 0 Å². The Morgan fingerprint density at radius 3 is 2.33 bits per heavy atom. The maximum absolute atomic E-state index is 5.85. The fraction of sp³-hybridized carbons (Fsp3) is 0.333. The number of hydrogen-bond donors (Lipinski definition) is 3. The first-order chi connectivity index (χ1) is 5.57. The van der Waals surface area contributed by atoms with Gasteiger partial charge in [-0.1, -0.05) is 0 Å². The molecule has 0 fully saturated rings. The second-order valence-electron chi connectivity index (χ2n) is 2.95. The number of nitrogens with one attached hydrogen (secondary N) is 1. The number of aryl methyl sites for hydroxylation is 1. The molecule has 1 aromatic rings. The Kier molecular flexibility index (Phi) is 2.13. The molecule has 0 amide bonds. The summed E-state index contributed by atoms with van der Waals surface area (Å²) in [4.78, 5) is 0. The van der Waals surface area contributed by atoms with Crippen LogP contribution >= 0.6 is 0 Å². The van der Waals surface area contributed by atoms with Crippen molar-refractivity contribution in [2.75, 3.05) is 23.8 Å². The van der Waals surface area contributed by atoms with Gasteiger partial charge >= 0.3 is 0 Å². The normalized spacial score (nSPS) is 9.92. The number of nitrogen functional groups attached to an aromatic ring is 2. The molecule has 0 heterocycles. The van der Waals surface area contributed by atoms with E-state index in [2.05, 4.69) is 5.32 Å². The molecule has 1 rings (SSSR count). The van der Waals surface area contributed by atoms with E-state index in [1.807, 2.05) is 27.0 Å². The maximum atomic E-state index is 5.85. The Morgan fingerprint density at radius 2 is 1.83 bits per heavy atom. The van der Waals surface area contributed by atoms with Crippen molar-refractivity contribution in [1.29, 1.82) is 0 Å². The van der Waals surface area contributed by atoms with Gasteiger partial charge in [0, 0.05) is 7.05 Å². The fourth-order valence-electron chi connectivity index (χ4n) is 1.25. The zero-order valence-corrected chi connectivity index (χ0v) is 7.73. The van der Waals surface area contributed by atoms with E-state index in [4.69, 9.17) is 11.5 Å². The third-order valence-corrected chi connectivity index (χ3v) is 2.18. The molecule has 3 nitrogen and oxygen atoms in total. The van der Waals surface area contributed by atoms with Gasteiger partial charge in [0.05, 0.1) is 17.1 Å². The van der Waals surface area contributed by atoms with Crippen molar-refractivity contribution in [3.8, 4) is 0 Å². The molecule has 0 bridgehead atoms. The molecule has 66 valence electrons. The number of nitrogens with two attached hydrogens (primary N) is 2. The highest BCUT2D eigenvalue weighted by Gasteiger charge is 2.06. The van der Waals surface area contributed by atoms with Gasteiger partial charge in [-0.05, 0) is 31.0 Å². The summed E-state index contributed by atoms with van der Waals surface area (Å²) < 4.78 is 0. The monoisotopic (exact) mass is 165 g/mol. The van der Waals surface area contributed by atoms with Crippen molar-refractivity contribution < 1.29 is 0 Å². The van der Waals surface area contributed by atoms with Gasteiger partial charge in [0.15, 0.2) is 0 Å². The van der Waals surface area contributed by atoms with Gasteiger partial charge in [0.1, 0.15) is 0 Å². The van der Waals surface area contributed by atoms with E-state index < -0.39 is 0 Å². The van der Waals surface area contributed by atoms with E-state index in [-0.39, 0.29) is 0 Å². The molecule has 0 radical (unpaired) electrons. The van der Waals surface area contributed by atoms with Gasteiger partial charge < -0.3 is 16.8 Å². The summed E-state index contributed by atoms with van der Waals surface area (Å²) in [5.74, 6) is 0. The first-order valence-electron chi connectivity index (χ1n) is 3.90. The summed E-state index contributed by atoms with van der Waals surface area (Å²) in [7, 11) is 1.82. The predicted octanol–water partition coefficient (Wildman–Crippen LogP) is 1.51. The molecule has 12 heavy (non-hydrogen) atoms. The zero-order valence-electron chi connectivity index (χ0n) is 7.73. The van der Waals surface area contributed by atoms with Gasteiger partial charge in [0.25, 0.3) is 0 Å². The van der Waals surface area contributed by atoms with Crippen molar-refractivity contribution >= 4 is 17.1 Å². The van der Waals surface area contributed by atoms with E-state index in [9.17, 15) is 0 Å². The van der Waals surface area contributed by atoms with Crippen LogP contribution in [0.3, 0.4) is 0 Å². The van der Waals surface area contributed by atoms with Crippen LogP contribution in [0.15, 0.2) is 6.07 Å². The van der Waals surface area contributed by atoms with E-state index in [0.29, 0.717) is 5.69 Å². The van der Waals surface area contributed by atoms with Crippen LogP contribution in [0, 0.1) is 13.8 Å². The molecule has 0 unspecified atom stereocenters. The predicted molar refractivity (Wildman–Crippen MR) is 54.3 cm³/mol. The molecule has 1 aromatic carbocycles. The van der Waals surface area contributed by atoms with Gasteiger partial charge in [-0.25, -0.2) is 0 Å². The Labute approximate surface area is 72.8 Å². The molecule has 0 spiro atoms. The van der Waals surface area contributed by atoms with Crippen LogP contribution in [0.25, 0.3) is 0 Å². The quantitative estimate of drug-likeness (QED) is 0.553. The lowest BCUT2D eigenvalue weighted by Crippen LogP contribution is -2.03. The largest absolute Gasteiger partial charge is 0.397 e. The number of benzene rings is 1. The van der Waals surface area contributed by atoms with Crippen molar-refractivity contribution in [3.05, 3.63) is 17.2 Å². The molecular formula is C9H15N3. The lowest BCUT2D eigenvalue weighted by atomic mass is 10.1. The Balaban J connectivity index is 3.40. The topological polar surface area (TPSA) is 64.1 Å². The van der Waals surface area contributed by atoms with E-state index >= 15 is 0 Å². The molecule has 0 atom stereocenters. The molecule has 0 saturated heterocycles. The summed E-state index contributed by atoms with van der Waals surface area (Å²) in [6.07, 6.45) is 0. The third-order valence-electron chi connectivity index (χ3n) is 2.18. The highest BCUT2D eigenvalue weighted by atomic mass is 14.9. The molecule has 0 aliphatic heterocycles. The molecule has 0 aliphatic carbocycles. The first-order valence-corrected chi connectivity index (χ1v) is 3.90. The highest BCUT2D eigenvalue weighted by molar-refractivity contribution is 5.82. The molecule has 0 aromatic heterocycles. The van der Waals surface area contributed by atoms with Crippen LogP contribution < -0.4 is 16.8 Å². The molecule has 0 aliphatic rings. The van der Waals surface area contributed by atoms with Crippen molar-refractivity contribution in [1.82, 2.24) is 0 Å². The number of rotatable bonds is 1. The smallest absolute Gasteiger partial charge is 0.0807 e. The maximum Gasteiger partial charge on any atom is 0.0807 e. The Morgan fingerprint density at radius 1 is 1.25 bits per heavy atom. The number of anilines is 3. The average Bonchev–Trinajstić information content (AvgIpc) is 2.01. The minimum Gasteiger partial charge on any atom is -0.397 e. The molecular weight excluding hydrogens is 150 g/mol. The van der Waals surface area contributed by atoms with Gasteiger partial charge in [-0.3, -0.25) is 0 Å². The lowest BCUT2D eigenvalue weighted by molar-refractivity contribution is 1.33. The second-order valence-corrected chi connectivity index (χ2v) is 2.95. The molecule has 0 saturated carbocycles. The van der Waals surface area contributed by atoms with E-state index in [1.165, 1.54) is 0 Å². The van der Waals surface area contributed by atoms with Crippen molar-refractivity contribution in [2.45, 2.75) is 13.8 Å². The lowest BCUT2D eigenvalue weighted by Gasteiger charge is -2.13. The van der Waals surface area contributed by atoms with Gasteiger partial charge in [0.2, 0.25) is 0 Å². The third kappa shape index (κ3) is 1.18. The minimum atomic E-state index is 0.707. The summed E-state index contributed by atoms with van der Waals surface area (Å²) in [6.45, 7) is 3.99. The number of hydrogen-bond acceptors (Lipinski definition) is 3. The summed E-state index contributed by atoms with van der Waals surface area (Å²) >= 11 is 0. The Hall–Kier alpha value is -1.38. The van der Waals surface area contributed by atoms with Crippen LogP contribution in [0.5, 0.6) is 0 Å². The second kappa shape index (κ2) is 2.93. The highest BCUT2D eigenvalue weighted by Crippen LogP contribution is 2.30. The summed E-state index contributed by atoms with van der Waals surface area (Å²) in [5.41, 5.74) is 16.1. The summed E-state index contributed by atoms with van der Waals surface area (Å²) in [5, 5.41) is 2.98. The van der Waals surface area contributed by atoms with Crippen LogP contribution in [0.1, 0.15) is 11.1 Å². The van der Waals surface area contributed by atoms with Crippen molar-refractivity contribution in [3.63, 3.8) is 0 Å². The first kappa shape index (κ1) is 8.71. The van der Waals surface area contributed by atoms with Crippen LogP contribution in [-0.4, -0.2) is 7.05 Å². The average molecular weight is 165 g/mol. The molecule has 5 N–H and O–H groups in total. The van der Waals surface area contributed by atoms with Crippen LogP contribution in [-0.2, 0) is 0 Å². The fourth-order valence-corrected chi connectivity index (χ4v) is 1.25. The molecule has 3 heteroatoms. The Bertz CT molecular complexity index is 305. The minimum absolute atomic E-state index is 0.707. The van der Waals surface area contributed by atoms with E-state index in [0.717, 1.165) is 22.5 Å². The standard InChI is InChI=1S/C9H15N3/c1-5-4-7(10)9(12-3)8(11)6(5)2/h4,12H,10-11H2,1-3H3. The van der Waals surface area contributed by atoms with Crippen LogP contribution in [0.2, 0.25) is 0 Å². The van der Waals surface area contributed by atoms with Crippen LogP contribution in [0.4, 0.5) is 17.1 Å². The van der Waals surface area contributed by atoms with Crippen molar-refractivity contribution in [2.24, 2.45) is 0 Å². The van der Waals surface area contributed by atoms with Gasteiger partial charge in [-0.15, -0.1) is 0 Å². The zero-order chi connectivity index (χ0) is 9.30. The summed E-state index contributed by atoms with van der Waals surface area (Å²) in [6, 6.07) is 1.93.